The zero-order chi connectivity index (χ0) is 11.4. The molecule has 1 aromatic carbocycles. The van der Waals surface area contributed by atoms with Crippen molar-refractivity contribution in [2.45, 2.75) is 13.3 Å². The van der Waals surface area contributed by atoms with E-state index in [0.717, 1.165) is 16.9 Å². The second kappa shape index (κ2) is 4.82. The second-order valence-electron chi connectivity index (χ2n) is 3.77. The van der Waals surface area contributed by atoms with E-state index in [2.05, 4.69) is 0 Å². The minimum Gasteiger partial charge on any atom is -0.496 e. The van der Waals surface area contributed by atoms with Crippen LogP contribution >= 0.6 is 0 Å². The Bertz CT molecular complexity index is 359. The van der Waals surface area contributed by atoms with Crippen LogP contribution in [-0.4, -0.2) is 32.0 Å². The molecule has 0 radical (unpaired) electrons. The highest BCUT2D eigenvalue weighted by atomic mass is 16.5. The third kappa shape index (κ3) is 2.98. The maximum atomic E-state index is 11.5. The van der Waals surface area contributed by atoms with Crippen LogP contribution in [0.15, 0.2) is 18.2 Å². The minimum atomic E-state index is 0.0981. The molecular weight excluding hydrogens is 190 g/mol. The van der Waals surface area contributed by atoms with E-state index < -0.39 is 0 Å². The van der Waals surface area contributed by atoms with Gasteiger partial charge in [0.2, 0.25) is 5.91 Å². The fourth-order valence-corrected chi connectivity index (χ4v) is 1.31. The molecule has 0 saturated heterocycles. The van der Waals surface area contributed by atoms with Crippen molar-refractivity contribution >= 4 is 5.91 Å². The maximum Gasteiger partial charge on any atom is 0.226 e. The first-order valence-corrected chi connectivity index (χ1v) is 4.88. The molecule has 0 unspecified atom stereocenters. The summed E-state index contributed by atoms with van der Waals surface area (Å²) in [5, 5.41) is 0. The molecule has 0 saturated carbocycles. The van der Waals surface area contributed by atoms with Gasteiger partial charge in [-0.1, -0.05) is 12.1 Å². The monoisotopic (exact) mass is 207 g/mol. The Morgan fingerprint density at radius 1 is 1.40 bits per heavy atom. The highest BCUT2D eigenvalue weighted by Crippen LogP contribution is 2.19. The van der Waals surface area contributed by atoms with E-state index >= 15 is 0 Å². The standard InChI is InChI=1S/C12H17NO2/c1-9-5-6-10(7-11(9)15-4)8-12(14)13(2)3/h5-7H,8H2,1-4H3. The normalized spacial score (nSPS) is 9.87. The van der Waals surface area contributed by atoms with Crippen LogP contribution in [0, 0.1) is 6.92 Å². The quantitative estimate of drug-likeness (QED) is 0.754. The Morgan fingerprint density at radius 3 is 2.60 bits per heavy atom. The van der Waals surface area contributed by atoms with E-state index in [1.807, 2.05) is 25.1 Å². The summed E-state index contributed by atoms with van der Waals surface area (Å²) in [5.74, 6) is 0.931. The molecular formula is C12H17NO2. The molecule has 3 heteroatoms. The Hall–Kier alpha value is -1.51. The van der Waals surface area contributed by atoms with Crippen molar-refractivity contribution in [2.75, 3.05) is 21.2 Å². The largest absolute Gasteiger partial charge is 0.496 e. The van der Waals surface area contributed by atoms with Gasteiger partial charge in [0, 0.05) is 14.1 Å². The first-order valence-electron chi connectivity index (χ1n) is 4.88. The average Bonchev–Trinajstić information content (AvgIpc) is 2.20. The lowest BCUT2D eigenvalue weighted by Crippen LogP contribution is -2.23. The maximum absolute atomic E-state index is 11.5. The number of nitrogens with zero attached hydrogens (tertiary/aromatic N) is 1. The Kier molecular flexibility index (Phi) is 3.72. The molecule has 1 rings (SSSR count). The lowest BCUT2D eigenvalue weighted by atomic mass is 10.1. The van der Waals surface area contributed by atoms with Crippen LogP contribution in [0.2, 0.25) is 0 Å². The van der Waals surface area contributed by atoms with Crippen LogP contribution in [-0.2, 0) is 11.2 Å². The van der Waals surface area contributed by atoms with E-state index in [-0.39, 0.29) is 5.91 Å². The van der Waals surface area contributed by atoms with Gasteiger partial charge in [0.15, 0.2) is 0 Å². The molecule has 0 fully saturated rings. The molecule has 0 aliphatic heterocycles. The molecule has 1 amide bonds. The molecule has 0 bridgehead atoms. The Balaban J connectivity index is 2.83. The summed E-state index contributed by atoms with van der Waals surface area (Å²) in [7, 11) is 5.15. The third-order valence-corrected chi connectivity index (χ3v) is 2.33. The van der Waals surface area contributed by atoms with Gasteiger partial charge >= 0.3 is 0 Å². The van der Waals surface area contributed by atoms with Crippen molar-refractivity contribution < 1.29 is 9.53 Å². The van der Waals surface area contributed by atoms with Crippen molar-refractivity contribution in [3.05, 3.63) is 29.3 Å². The van der Waals surface area contributed by atoms with E-state index in [9.17, 15) is 4.79 Å². The van der Waals surface area contributed by atoms with Gasteiger partial charge in [0.05, 0.1) is 13.5 Å². The number of ether oxygens (including phenoxy) is 1. The predicted molar refractivity (Wildman–Crippen MR) is 60.1 cm³/mol. The summed E-state index contributed by atoms with van der Waals surface area (Å²) in [4.78, 5) is 13.1. The number of aryl methyl sites for hydroxylation is 1. The van der Waals surface area contributed by atoms with Gasteiger partial charge in [-0.3, -0.25) is 4.79 Å². The lowest BCUT2D eigenvalue weighted by Gasteiger charge is -2.11. The molecule has 82 valence electrons. The number of hydrogen-bond acceptors (Lipinski definition) is 2. The second-order valence-corrected chi connectivity index (χ2v) is 3.77. The van der Waals surface area contributed by atoms with Crippen molar-refractivity contribution in [3.8, 4) is 5.75 Å². The summed E-state index contributed by atoms with van der Waals surface area (Å²) in [6.45, 7) is 1.98. The van der Waals surface area contributed by atoms with E-state index in [1.54, 1.807) is 26.1 Å². The zero-order valence-electron chi connectivity index (χ0n) is 9.70. The van der Waals surface area contributed by atoms with Crippen LogP contribution in [0.3, 0.4) is 0 Å². The van der Waals surface area contributed by atoms with Crippen molar-refractivity contribution in [3.63, 3.8) is 0 Å². The van der Waals surface area contributed by atoms with Gasteiger partial charge in [0.1, 0.15) is 5.75 Å². The Labute approximate surface area is 90.7 Å². The van der Waals surface area contributed by atoms with E-state index in [0.29, 0.717) is 6.42 Å². The van der Waals surface area contributed by atoms with Crippen LogP contribution in [0.25, 0.3) is 0 Å². The average molecular weight is 207 g/mol. The Morgan fingerprint density at radius 2 is 2.07 bits per heavy atom. The molecule has 1 aromatic rings. The number of rotatable bonds is 3. The highest BCUT2D eigenvalue weighted by molar-refractivity contribution is 5.78. The summed E-state index contributed by atoms with van der Waals surface area (Å²) in [6.07, 6.45) is 0.420. The molecule has 0 aliphatic carbocycles. The number of hydrogen-bond donors (Lipinski definition) is 0. The molecule has 0 aliphatic rings. The summed E-state index contributed by atoms with van der Waals surface area (Å²) >= 11 is 0. The van der Waals surface area contributed by atoms with Gasteiger partial charge in [-0.15, -0.1) is 0 Å². The predicted octanol–water partition coefficient (Wildman–Crippen LogP) is 1.63. The van der Waals surface area contributed by atoms with Crippen LogP contribution in [0.4, 0.5) is 0 Å². The summed E-state index contributed by atoms with van der Waals surface area (Å²) in [6, 6.07) is 5.84. The van der Waals surface area contributed by atoms with Gasteiger partial charge in [-0.2, -0.15) is 0 Å². The van der Waals surface area contributed by atoms with E-state index in [4.69, 9.17) is 4.74 Å². The van der Waals surface area contributed by atoms with Crippen LogP contribution in [0.1, 0.15) is 11.1 Å². The SMILES string of the molecule is COc1cc(CC(=O)N(C)C)ccc1C. The van der Waals surface area contributed by atoms with Gasteiger partial charge in [0.25, 0.3) is 0 Å². The van der Waals surface area contributed by atoms with Gasteiger partial charge in [-0.05, 0) is 24.1 Å². The van der Waals surface area contributed by atoms with Gasteiger partial charge < -0.3 is 9.64 Å². The van der Waals surface area contributed by atoms with Gasteiger partial charge in [-0.25, -0.2) is 0 Å². The number of methoxy groups -OCH3 is 1. The highest BCUT2D eigenvalue weighted by Gasteiger charge is 2.07. The first kappa shape index (κ1) is 11.6. The van der Waals surface area contributed by atoms with Crippen LogP contribution in [0.5, 0.6) is 5.75 Å². The fourth-order valence-electron chi connectivity index (χ4n) is 1.31. The molecule has 0 N–H and O–H groups in total. The molecule has 0 spiro atoms. The zero-order valence-corrected chi connectivity index (χ0v) is 9.70. The third-order valence-electron chi connectivity index (χ3n) is 2.33. The topological polar surface area (TPSA) is 29.5 Å². The fraction of sp³-hybridized carbons (Fsp3) is 0.417. The molecule has 0 heterocycles. The smallest absolute Gasteiger partial charge is 0.226 e. The number of carbonyl (C=O) groups is 1. The number of benzene rings is 1. The summed E-state index contributed by atoms with van der Waals surface area (Å²) < 4.78 is 5.20. The molecule has 0 aromatic heterocycles. The molecule has 15 heavy (non-hydrogen) atoms. The minimum absolute atomic E-state index is 0.0981. The summed E-state index contributed by atoms with van der Waals surface area (Å²) in [5.41, 5.74) is 2.06. The van der Waals surface area contributed by atoms with Crippen molar-refractivity contribution in [2.24, 2.45) is 0 Å². The lowest BCUT2D eigenvalue weighted by molar-refractivity contribution is -0.127. The first-order chi connectivity index (χ1) is 7.04. The van der Waals surface area contributed by atoms with Crippen LogP contribution < -0.4 is 4.74 Å². The number of amides is 1. The van der Waals surface area contributed by atoms with Crippen molar-refractivity contribution in [1.29, 1.82) is 0 Å². The molecule has 3 nitrogen and oxygen atoms in total. The molecule has 0 atom stereocenters. The number of carbonyl (C=O) groups excluding carboxylic acids is 1. The van der Waals surface area contributed by atoms with E-state index in [1.165, 1.54) is 0 Å². The van der Waals surface area contributed by atoms with Crippen molar-refractivity contribution in [1.82, 2.24) is 4.90 Å². The number of likely N-dealkylation sites (N-methyl/N-ethyl adjacent to an activating group) is 1.